The summed E-state index contributed by atoms with van der Waals surface area (Å²) in [5.41, 5.74) is 0. The van der Waals surface area contributed by atoms with E-state index in [9.17, 15) is 4.79 Å². The van der Waals surface area contributed by atoms with Gasteiger partial charge in [-0.05, 0) is 37.3 Å². The van der Waals surface area contributed by atoms with Crippen LogP contribution in [0.25, 0.3) is 0 Å². The van der Waals surface area contributed by atoms with Crippen molar-refractivity contribution >= 4 is 23.2 Å². The zero-order chi connectivity index (χ0) is 16.8. The molecule has 2 aromatic rings. The van der Waals surface area contributed by atoms with Crippen molar-refractivity contribution in [1.29, 1.82) is 0 Å². The van der Waals surface area contributed by atoms with E-state index in [0.29, 0.717) is 5.82 Å². The molecule has 0 radical (unpaired) electrons. The number of urea groups is 1. The number of nitrogens with one attached hydrogen (secondary N) is 2. The molecule has 0 aromatic carbocycles. The molecule has 130 valence electrons. The van der Waals surface area contributed by atoms with Gasteiger partial charge in [-0.1, -0.05) is 18.2 Å². The van der Waals surface area contributed by atoms with Crippen LogP contribution in [-0.2, 0) is 13.1 Å². The number of aromatic nitrogens is 3. The van der Waals surface area contributed by atoms with Gasteiger partial charge in [0.15, 0.2) is 5.82 Å². The van der Waals surface area contributed by atoms with Gasteiger partial charge in [0.05, 0.1) is 6.20 Å². The lowest BCUT2D eigenvalue weighted by Crippen LogP contribution is -2.48. The van der Waals surface area contributed by atoms with Crippen LogP contribution in [-0.4, -0.2) is 45.1 Å². The van der Waals surface area contributed by atoms with Gasteiger partial charge in [-0.2, -0.15) is 0 Å². The summed E-state index contributed by atoms with van der Waals surface area (Å²) in [6.45, 7) is 5.81. The first-order valence-electron chi connectivity index (χ1n) is 8.45. The Morgan fingerprint density at radius 1 is 1.50 bits per heavy atom. The molecule has 24 heavy (non-hydrogen) atoms. The van der Waals surface area contributed by atoms with Crippen molar-refractivity contribution in [1.82, 2.24) is 25.2 Å². The Balaban J connectivity index is 1.46. The van der Waals surface area contributed by atoms with Crippen molar-refractivity contribution in [3.05, 3.63) is 28.6 Å². The topological polar surface area (TPSA) is 75.1 Å². The van der Waals surface area contributed by atoms with Crippen LogP contribution in [0.2, 0.25) is 0 Å². The Morgan fingerprint density at radius 2 is 2.42 bits per heavy atom. The number of carbonyl (C=O) groups is 1. The molecule has 1 atom stereocenters. The van der Waals surface area contributed by atoms with Crippen LogP contribution in [0.1, 0.15) is 31.1 Å². The molecule has 7 nitrogen and oxygen atoms in total. The third kappa shape index (κ3) is 4.78. The molecule has 1 aliphatic rings. The van der Waals surface area contributed by atoms with E-state index in [-0.39, 0.29) is 12.1 Å². The summed E-state index contributed by atoms with van der Waals surface area (Å²) >= 11 is 1.78. The normalized spacial score (nSPS) is 18.5. The number of nitrogens with zero attached hydrogens (tertiary/aromatic N) is 4. The summed E-state index contributed by atoms with van der Waals surface area (Å²) in [6.07, 6.45) is 4.85. The third-order valence-corrected chi connectivity index (χ3v) is 4.89. The molecule has 3 rings (SSSR count). The molecule has 0 unspecified atom stereocenters. The number of hydrogen-bond donors (Lipinski definition) is 2. The van der Waals surface area contributed by atoms with E-state index in [4.69, 9.17) is 0 Å². The lowest BCUT2D eigenvalue weighted by molar-refractivity contribution is 0.184. The van der Waals surface area contributed by atoms with Crippen LogP contribution in [0.3, 0.4) is 0 Å². The van der Waals surface area contributed by atoms with Crippen LogP contribution in [0.5, 0.6) is 0 Å². The van der Waals surface area contributed by atoms with Crippen molar-refractivity contribution in [3.8, 4) is 0 Å². The highest BCUT2D eigenvalue weighted by Gasteiger charge is 2.22. The number of thiophene rings is 1. The molecule has 2 N–H and O–H groups in total. The Morgan fingerprint density at radius 3 is 3.21 bits per heavy atom. The van der Waals surface area contributed by atoms with Gasteiger partial charge in [0, 0.05) is 30.6 Å². The largest absolute Gasteiger partial charge is 0.334 e. The molecule has 8 heteroatoms. The van der Waals surface area contributed by atoms with Crippen molar-refractivity contribution in [2.45, 2.75) is 45.3 Å². The summed E-state index contributed by atoms with van der Waals surface area (Å²) in [4.78, 5) is 15.9. The summed E-state index contributed by atoms with van der Waals surface area (Å²) in [7, 11) is 0. The zero-order valence-corrected chi connectivity index (χ0v) is 14.8. The fourth-order valence-corrected chi connectivity index (χ4v) is 3.72. The number of aryl methyl sites for hydroxylation is 1. The summed E-state index contributed by atoms with van der Waals surface area (Å²) in [5.74, 6) is 0.493. The molecule has 1 aliphatic heterocycles. The third-order valence-electron chi connectivity index (χ3n) is 4.03. The molecule has 2 aromatic heterocycles. The molecule has 1 saturated heterocycles. The number of anilines is 1. The fourth-order valence-electron chi connectivity index (χ4n) is 2.97. The number of rotatable bonds is 6. The second-order valence-corrected chi connectivity index (χ2v) is 7.15. The fraction of sp³-hybridized carbons (Fsp3) is 0.562. The van der Waals surface area contributed by atoms with Crippen molar-refractivity contribution in [3.63, 3.8) is 0 Å². The second kappa shape index (κ2) is 8.25. The first kappa shape index (κ1) is 16.9. The van der Waals surface area contributed by atoms with Crippen molar-refractivity contribution in [2.24, 2.45) is 0 Å². The summed E-state index contributed by atoms with van der Waals surface area (Å²) in [6, 6.07) is 4.21. The predicted molar refractivity (Wildman–Crippen MR) is 95.1 cm³/mol. The second-order valence-electron chi connectivity index (χ2n) is 6.12. The maximum absolute atomic E-state index is 12.2. The van der Waals surface area contributed by atoms with E-state index in [1.807, 2.05) is 0 Å². The average Bonchev–Trinajstić information content (AvgIpc) is 3.20. The lowest BCUT2D eigenvalue weighted by Gasteiger charge is -2.32. The van der Waals surface area contributed by atoms with E-state index < -0.39 is 0 Å². The van der Waals surface area contributed by atoms with Gasteiger partial charge in [-0.25, -0.2) is 4.79 Å². The lowest BCUT2D eigenvalue weighted by atomic mass is 10.1. The number of hydrogen-bond acceptors (Lipinski definition) is 5. The minimum Gasteiger partial charge on any atom is -0.334 e. The van der Waals surface area contributed by atoms with Gasteiger partial charge in [0.25, 0.3) is 0 Å². The Kier molecular flexibility index (Phi) is 5.81. The van der Waals surface area contributed by atoms with Gasteiger partial charge in [-0.15, -0.1) is 16.4 Å². The molecule has 3 heterocycles. The van der Waals surface area contributed by atoms with Crippen molar-refractivity contribution in [2.75, 3.05) is 18.4 Å². The quantitative estimate of drug-likeness (QED) is 0.841. The van der Waals surface area contributed by atoms with Gasteiger partial charge < -0.3 is 5.32 Å². The molecule has 1 fully saturated rings. The van der Waals surface area contributed by atoms with Gasteiger partial charge in [0.2, 0.25) is 0 Å². The van der Waals surface area contributed by atoms with Gasteiger partial charge in [-0.3, -0.25) is 14.9 Å². The standard InChI is InChI=1S/C16H24N6OS/c1-2-7-22-12-15(19-20-22)18-16(23)17-13-5-3-8-21(10-13)11-14-6-4-9-24-14/h4,6,9,12-13H,2-3,5,7-8,10-11H2,1H3,(H2,17,18,23)/t13-/m1/s1. The molecule has 0 aliphatic carbocycles. The number of amides is 2. The Bertz CT molecular complexity index is 641. The van der Waals surface area contributed by atoms with Crippen LogP contribution < -0.4 is 10.6 Å². The maximum atomic E-state index is 12.2. The first-order valence-corrected chi connectivity index (χ1v) is 9.33. The molecule has 0 saturated carbocycles. The van der Waals surface area contributed by atoms with E-state index >= 15 is 0 Å². The van der Waals surface area contributed by atoms with E-state index in [1.54, 1.807) is 22.2 Å². The number of piperidine rings is 1. The highest BCUT2D eigenvalue weighted by atomic mass is 32.1. The van der Waals surface area contributed by atoms with E-state index in [2.05, 4.69) is 50.3 Å². The monoisotopic (exact) mass is 348 g/mol. The summed E-state index contributed by atoms with van der Waals surface area (Å²) in [5, 5.41) is 15.9. The van der Waals surface area contributed by atoms with Crippen LogP contribution in [0.4, 0.5) is 10.6 Å². The molecule has 0 spiro atoms. The molecular weight excluding hydrogens is 324 g/mol. The van der Waals surface area contributed by atoms with E-state index in [1.165, 1.54) is 4.88 Å². The molecular formula is C16H24N6OS. The van der Waals surface area contributed by atoms with Gasteiger partial charge >= 0.3 is 6.03 Å². The van der Waals surface area contributed by atoms with Crippen molar-refractivity contribution < 1.29 is 4.79 Å². The average molecular weight is 348 g/mol. The van der Waals surface area contributed by atoms with Gasteiger partial charge in [0.1, 0.15) is 0 Å². The molecule has 2 amide bonds. The zero-order valence-electron chi connectivity index (χ0n) is 13.9. The minimum absolute atomic E-state index is 0.171. The first-order chi connectivity index (χ1) is 11.7. The number of carbonyl (C=O) groups excluding carboxylic acids is 1. The van der Waals surface area contributed by atoms with Crippen LogP contribution in [0.15, 0.2) is 23.7 Å². The highest BCUT2D eigenvalue weighted by molar-refractivity contribution is 7.09. The maximum Gasteiger partial charge on any atom is 0.320 e. The molecule has 0 bridgehead atoms. The van der Waals surface area contributed by atoms with E-state index in [0.717, 1.165) is 45.4 Å². The number of likely N-dealkylation sites (tertiary alicyclic amines) is 1. The predicted octanol–water partition coefficient (Wildman–Crippen LogP) is 2.54. The highest BCUT2D eigenvalue weighted by Crippen LogP contribution is 2.17. The summed E-state index contributed by atoms with van der Waals surface area (Å²) < 4.78 is 1.74. The van der Waals surface area contributed by atoms with Crippen LogP contribution >= 0.6 is 11.3 Å². The Labute approximate surface area is 146 Å². The smallest absolute Gasteiger partial charge is 0.320 e. The van der Waals surface area contributed by atoms with Crippen LogP contribution in [0, 0.1) is 0 Å². The minimum atomic E-state index is -0.207. The Hall–Kier alpha value is -1.93. The SMILES string of the molecule is CCCn1cc(NC(=O)N[C@@H]2CCCN(Cc3cccs3)C2)nn1.